The fraction of sp³-hybridized carbons (Fsp3) is 0.470. The van der Waals surface area contributed by atoms with Gasteiger partial charge in [0.1, 0.15) is 34.8 Å². The quantitative estimate of drug-likeness (QED) is 0.0332. The molecule has 5 atom stereocenters. The topological polar surface area (TPSA) is 203 Å². The number of methoxy groups -OCH3 is 5. The zero-order valence-corrected chi connectivity index (χ0v) is 52.8. The number of halogens is 1. The minimum atomic E-state index is -0.810. The Bertz CT molecular complexity index is 3320. The smallest absolute Gasteiger partial charge is 0.329 e. The number of aliphatic imine (C=N–C) groups is 1. The Labute approximate surface area is 514 Å². The summed E-state index contributed by atoms with van der Waals surface area (Å²) in [6.45, 7) is 11.3. The number of amides is 3. The van der Waals surface area contributed by atoms with E-state index < -0.39 is 36.0 Å². The molecule has 0 aliphatic carbocycles. The maximum absolute atomic E-state index is 14.6. The first-order valence-electron chi connectivity index (χ1n) is 29.8. The second kappa shape index (κ2) is 30.6. The number of likely N-dealkylation sites (tertiary alicyclic amines) is 1. The number of aryl methyl sites for hydroxylation is 3. The molecule has 18 nitrogen and oxygen atoms in total. The Morgan fingerprint density at radius 1 is 0.744 bits per heavy atom. The lowest BCUT2D eigenvalue weighted by molar-refractivity contribution is -0.162. The second-order valence-corrected chi connectivity index (χ2v) is 23.4. The maximum atomic E-state index is 14.6. The van der Waals surface area contributed by atoms with Crippen LogP contribution in [0.3, 0.4) is 0 Å². The Hall–Kier alpha value is -7.64. The van der Waals surface area contributed by atoms with Crippen molar-refractivity contribution < 1.29 is 52.3 Å². The first kappa shape index (κ1) is 64.4. The molecule has 8 rings (SSSR count). The molecule has 1 saturated heterocycles. The molecule has 4 heterocycles. The van der Waals surface area contributed by atoms with E-state index in [1.165, 1.54) is 26.2 Å². The fourth-order valence-corrected chi connectivity index (χ4v) is 12.8. The summed E-state index contributed by atoms with van der Waals surface area (Å²) in [6.07, 6.45) is 7.50. The van der Waals surface area contributed by atoms with Gasteiger partial charge in [-0.2, -0.15) is 0 Å². The van der Waals surface area contributed by atoms with E-state index in [1.54, 1.807) is 54.7 Å². The van der Waals surface area contributed by atoms with Crippen molar-refractivity contribution >= 4 is 52.3 Å². The van der Waals surface area contributed by atoms with Gasteiger partial charge in [0.25, 0.3) is 5.91 Å². The van der Waals surface area contributed by atoms with E-state index in [0.29, 0.717) is 108 Å². The normalized spacial score (nSPS) is 15.6. The van der Waals surface area contributed by atoms with E-state index in [9.17, 15) is 19.2 Å². The Kier molecular flexibility index (Phi) is 22.9. The number of fused-ring (bicyclic) bond motifs is 3. The number of ether oxygens (including phenoxy) is 7. The van der Waals surface area contributed by atoms with Crippen molar-refractivity contribution in [3.8, 4) is 39.5 Å². The molecule has 4 aromatic carbocycles. The standard InChI is InChI=1S/C66H82ClN7O11S/c1-11-49(46-37-55(81-8)61(83-10)56(38-46)82-9)64(77)73-34-19-16-23-51(73)66(78)85-52(30-24-43-25-31-53(79-6)54(35-43)80-7)45-21-20-22-48(36-45)84-39-57(75)68-32-17-14-13-15-18-33-69-63(76)50(12-2)60-62-72-71-42(5)74(62)65-58(40(3)41(4)86-65)59(70-60)44-26-28-47(67)29-27-44/h20-22,25-29,31,35-38,49-52,60H,11-19,23-24,30,32-34,39H2,1-10H3,(H,68,75)(H,69,76)/t49-,50+,51-,52+,60-/m0/s1. The number of piperidine rings is 1. The maximum Gasteiger partial charge on any atom is 0.329 e. The highest BCUT2D eigenvalue weighted by Gasteiger charge is 2.40. The number of thiophene rings is 1. The second-order valence-electron chi connectivity index (χ2n) is 21.7. The third kappa shape index (κ3) is 15.1. The number of esters is 1. The van der Waals surface area contributed by atoms with Gasteiger partial charge in [-0.1, -0.05) is 75.0 Å². The van der Waals surface area contributed by atoms with Gasteiger partial charge < -0.3 is 48.7 Å². The lowest BCUT2D eigenvalue weighted by atomic mass is 9.91. The molecule has 2 aliphatic heterocycles. The highest BCUT2D eigenvalue weighted by atomic mass is 35.5. The highest BCUT2D eigenvalue weighted by molar-refractivity contribution is 7.15. The number of carbonyl (C=O) groups is 4. The average Bonchev–Trinajstić information content (AvgIpc) is 1.72. The van der Waals surface area contributed by atoms with Crippen molar-refractivity contribution in [2.75, 3.05) is 61.8 Å². The van der Waals surface area contributed by atoms with Crippen LogP contribution in [-0.2, 0) is 30.3 Å². The average molecular weight is 1220 g/mol. The Morgan fingerprint density at radius 3 is 2.12 bits per heavy atom. The molecule has 1 fully saturated rings. The van der Waals surface area contributed by atoms with Gasteiger partial charge in [-0.15, -0.1) is 21.5 Å². The lowest BCUT2D eigenvalue weighted by Gasteiger charge is -2.37. The van der Waals surface area contributed by atoms with Crippen molar-refractivity contribution in [1.82, 2.24) is 30.3 Å². The third-order valence-corrected chi connectivity index (χ3v) is 17.7. The summed E-state index contributed by atoms with van der Waals surface area (Å²) >= 11 is 8.00. The number of rotatable bonds is 29. The molecule has 0 unspecified atom stereocenters. The molecule has 2 aliphatic rings. The van der Waals surface area contributed by atoms with E-state index in [1.807, 2.05) is 75.4 Å². The summed E-state index contributed by atoms with van der Waals surface area (Å²) in [6, 6.07) is 22.8. The van der Waals surface area contributed by atoms with Crippen LogP contribution < -0.4 is 39.1 Å². The van der Waals surface area contributed by atoms with Gasteiger partial charge >= 0.3 is 5.97 Å². The predicted octanol–water partition coefficient (Wildman–Crippen LogP) is 11.9. The van der Waals surface area contributed by atoms with Crippen LogP contribution in [0.1, 0.15) is 152 Å². The molecule has 0 spiro atoms. The van der Waals surface area contributed by atoms with Crippen LogP contribution in [0.4, 0.5) is 0 Å². The van der Waals surface area contributed by atoms with Gasteiger partial charge in [0, 0.05) is 40.7 Å². The molecular weight excluding hydrogens is 1130 g/mol. The number of hydrogen-bond donors (Lipinski definition) is 2. The van der Waals surface area contributed by atoms with Gasteiger partial charge in [-0.25, -0.2) is 4.79 Å². The molecule has 0 radical (unpaired) electrons. The van der Waals surface area contributed by atoms with Crippen LogP contribution in [0.2, 0.25) is 5.02 Å². The van der Waals surface area contributed by atoms with Crippen molar-refractivity contribution in [2.24, 2.45) is 10.9 Å². The zero-order chi connectivity index (χ0) is 61.4. The van der Waals surface area contributed by atoms with E-state index >= 15 is 0 Å². The third-order valence-electron chi connectivity index (χ3n) is 16.3. The monoisotopic (exact) mass is 1220 g/mol. The van der Waals surface area contributed by atoms with Crippen molar-refractivity contribution in [3.05, 3.63) is 134 Å². The van der Waals surface area contributed by atoms with E-state index in [0.717, 1.165) is 83.7 Å². The largest absolute Gasteiger partial charge is 0.493 e. The SMILES string of the molecule is CC[C@H](C(=O)N1CCCC[C@H]1C(=O)O[C@H](CCc1ccc(OC)c(OC)c1)c1cccc(OCC(=O)NCCCCCCCNC(=O)[C@H](CC)[C@@H]2N=C(c3ccc(Cl)cc3)c3c(sc(C)c3C)-n3c(C)nnc32)c1)c1cc(OC)c(OC)c(OC)c1. The first-order chi connectivity index (χ1) is 41.7. The summed E-state index contributed by atoms with van der Waals surface area (Å²) in [5.74, 6) is 2.25. The fourth-order valence-electron chi connectivity index (χ4n) is 11.5. The Balaban J connectivity index is 0.834. The molecule has 0 bridgehead atoms. The molecule has 2 aromatic heterocycles. The minimum absolute atomic E-state index is 0.0689. The molecule has 3 amide bonds. The van der Waals surface area contributed by atoms with Gasteiger partial charge in [0.15, 0.2) is 35.4 Å². The predicted molar refractivity (Wildman–Crippen MR) is 333 cm³/mol. The number of unbranched alkanes of at least 4 members (excludes halogenated alkanes) is 4. The molecule has 20 heteroatoms. The van der Waals surface area contributed by atoms with E-state index in [2.05, 4.69) is 39.2 Å². The van der Waals surface area contributed by atoms with E-state index in [-0.39, 0.29) is 24.3 Å². The van der Waals surface area contributed by atoms with Crippen LogP contribution in [0, 0.1) is 26.7 Å². The Morgan fingerprint density at radius 2 is 1.44 bits per heavy atom. The number of nitrogens with zero attached hydrogens (tertiary/aromatic N) is 5. The summed E-state index contributed by atoms with van der Waals surface area (Å²) < 4.78 is 42.4. The lowest BCUT2D eigenvalue weighted by Crippen LogP contribution is -2.50. The van der Waals surface area contributed by atoms with Gasteiger partial charge in [0.05, 0.1) is 53.1 Å². The summed E-state index contributed by atoms with van der Waals surface area (Å²) in [5.41, 5.74) is 6.21. The number of hydrogen-bond acceptors (Lipinski definition) is 15. The first-order valence-corrected chi connectivity index (χ1v) is 31.0. The molecule has 2 N–H and O–H groups in total. The van der Waals surface area contributed by atoms with Crippen LogP contribution in [0.5, 0.6) is 34.5 Å². The van der Waals surface area contributed by atoms with Crippen LogP contribution >= 0.6 is 22.9 Å². The van der Waals surface area contributed by atoms with Crippen molar-refractivity contribution in [2.45, 2.75) is 136 Å². The number of carbonyl (C=O) groups excluding carboxylic acids is 4. The van der Waals surface area contributed by atoms with Gasteiger partial charge in [0.2, 0.25) is 17.6 Å². The zero-order valence-electron chi connectivity index (χ0n) is 51.2. The van der Waals surface area contributed by atoms with Crippen LogP contribution in [0.25, 0.3) is 5.00 Å². The van der Waals surface area contributed by atoms with Crippen LogP contribution in [-0.4, -0.2) is 117 Å². The number of nitrogens with one attached hydrogen (secondary N) is 2. The van der Waals surface area contributed by atoms with Crippen molar-refractivity contribution in [1.29, 1.82) is 0 Å². The van der Waals surface area contributed by atoms with Crippen molar-refractivity contribution in [3.63, 3.8) is 0 Å². The molecule has 460 valence electrons. The molecule has 6 aromatic rings. The van der Waals surface area contributed by atoms with Crippen LogP contribution in [0.15, 0.2) is 83.9 Å². The summed E-state index contributed by atoms with van der Waals surface area (Å²) in [5, 5.41) is 16.9. The molecule has 0 saturated carbocycles. The highest BCUT2D eigenvalue weighted by Crippen LogP contribution is 2.44. The molecule has 86 heavy (non-hydrogen) atoms. The summed E-state index contributed by atoms with van der Waals surface area (Å²) in [7, 11) is 7.77. The minimum Gasteiger partial charge on any atom is -0.493 e. The van der Waals surface area contributed by atoms with Gasteiger partial charge in [-0.05, 0) is 149 Å². The number of aromatic nitrogens is 3. The van der Waals surface area contributed by atoms with Gasteiger partial charge in [-0.3, -0.25) is 23.9 Å². The number of benzene rings is 4. The van der Waals surface area contributed by atoms with E-state index in [4.69, 9.17) is 49.8 Å². The summed E-state index contributed by atoms with van der Waals surface area (Å²) in [4.78, 5) is 64.5. The molecular formula is C66H82ClN7O11S.